The number of nitrogens with one attached hydrogen (secondary N) is 3. The van der Waals surface area contributed by atoms with E-state index >= 15 is 0 Å². The lowest BCUT2D eigenvalue weighted by Gasteiger charge is -2.35. The Bertz CT molecular complexity index is 2420. The third-order valence-corrected chi connectivity index (χ3v) is 13.1. The van der Waals surface area contributed by atoms with E-state index in [0.29, 0.717) is 50.7 Å². The molecular weight excluding hydrogens is 886 g/mol. The number of nitrogens with zero attached hydrogens (tertiary/aromatic N) is 2. The molecule has 5 aromatic rings. The van der Waals surface area contributed by atoms with E-state index < -0.39 is 23.6 Å². The third-order valence-electron chi connectivity index (χ3n) is 11.9. The molecule has 6 rings (SSSR count). The molecule has 3 atom stereocenters. The maximum absolute atomic E-state index is 14.0. The molecule has 3 amide bonds. The van der Waals surface area contributed by atoms with Crippen molar-refractivity contribution in [3.05, 3.63) is 131 Å². The molecule has 6 N–H and O–H groups in total. The monoisotopic (exact) mass is 949 g/mol. The average molecular weight is 951 g/mol. The number of aryl methyl sites for hydroxylation is 1. The van der Waals surface area contributed by atoms with E-state index in [9.17, 15) is 29.7 Å². The van der Waals surface area contributed by atoms with E-state index in [0.717, 1.165) is 75.2 Å². The van der Waals surface area contributed by atoms with Crippen LogP contribution in [-0.4, -0.2) is 93.2 Å². The first-order valence-corrected chi connectivity index (χ1v) is 24.5. The molecule has 1 unspecified atom stereocenters. The summed E-state index contributed by atoms with van der Waals surface area (Å²) in [4.78, 5) is 47.1. The molecule has 1 aliphatic rings. The number of likely N-dealkylation sites (tertiary alicyclic amines) is 1. The number of unbranched alkanes of at least 4 members (excludes halogenated alkanes) is 3. The van der Waals surface area contributed by atoms with Gasteiger partial charge in [-0.1, -0.05) is 94.3 Å². The second-order valence-corrected chi connectivity index (χ2v) is 19.3. The van der Waals surface area contributed by atoms with Gasteiger partial charge in [-0.25, -0.2) is 4.98 Å². The summed E-state index contributed by atoms with van der Waals surface area (Å²) < 4.78 is 5.97. The van der Waals surface area contributed by atoms with Gasteiger partial charge in [-0.2, -0.15) is 0 Å². The van der Waals surface area contributed by atoms with Crippen molar-refractivity contribution in [2.75, 3.05) is 32.1 Å². The number of benzene rings is 4. The topological polar surface area (TPSA) is 173 Å². The molecular formula is C53H64ClN5O7S. The highest BCUT2D eigenvalue weighted by molar-refractivity contribution is 7.13. The zero-order valence-corrected chi connectivity index (χ0v) is 40.5. The van der Waals surface area contributed by atoms with E-state index in [1.165, 1.54) is 4.90 Å². The minimum atomic E-state index is -0.778. The largest absolute Gasteiger partial charge is 0.508 e. The number of thiazole rings is 1. The summed E-state index contributed by atoms with van der Waals surface area (Å²) in [7, 11) is 0. The quantitative estimate of drug-likeness (QED) is 0.0225. The van der Waals surface area contributed by atoms with Gasteiger partial charge in [0.2, 0.25) is 17.7 Å². The summed E-state index contributed by atoms with van der Waals surface area (Å²) in [6, 6.07) is 28.5. The number of aliphatic hydroxyl groups excluding tert-OH is 1. The summed E-state index contributed by atoms with van der Waals surface area (Å²) in [6.45, 7) is 9.67. The first-order valence-electron chi connectivity index (χ1n) is 23.1. The Morgan fingerprint density at radius 3 is 2.06 bits per heavy atom. The van der Waals surface area contributed by atoms with E-state index in [-0.39, 0.29) is 42.2 Å². The third kappa shape index (κ3) is 14.4. The second kappa shape index (κ2) is 24.3. The van der Waals surface area contributed by atoms with Crippen molar-refractivity contribution < 1.29 is 34.4 Å². The molecule has 67 heavy (non-hydrogen) atoms. The SMILES string of the molecule is Cc1ncsc1-c1ccc(CNC(=O)[C@@H]2C[C@@H](O)CN2C(=O)C(NCCCCCCC(=O)NCCOc2ccc(C(=C(CCCl)c3ccc(O)cc3)c3ccc(O)cc3)cc2)C(C)(C)C)cc1. The second-order valence-electron chi connectivity index (χ2n) is 18.1. The number of hydrogen-bond donors (Lipinski definition) is 6. The van der Waals surface area contributed by atoms with Crippen LogP contribution in [0.1, 0.15) is 93.7 Å². The molecule has 2 heterocycles. The van der Waals surface area contributed by atoms with E-state index in [1.807, 2.05) is 106 Å². The van der Waals surface area contributed by atoms with Crippen LogP contribution in [-0.2, 0) is 20.9 Å². The molecule has 356 valence electrons. The highest BCUT2D eigenvalue weighted by Gasteiger charge is 2.43. The van der Waals surface area contributed by atoms with Crippen LogP contribution in [0.3, 0.4) is 0 Å². The maximum Gasteiger partial charge on any atom is 0.243 e. The number of carbonyl (C=O) groups excluding carboxylic acids is 3. The molecule has 0 spiro atoms. The van der Waals surface area contributed by atoms with Gasteiger partial charge >= 0.3 is 0 Å². The zero-order valence-electron chi connectivity index (χ0n) is 38.9. The number of hydrogen-bond acceptors (Lipinski definition) is 10. The van der Waals surface area contributed by atoms with Gasteiger partial charge in [0, 0.05) is 31.8 Å². The number of halogens is 1. The Morgan fingerprint density at radius 1 is 0.821 bits per heavy atom. The summed E-state index contributed by atoms with van der Waals surface area (Å²) in [5, 5.41) is 39.9. The van der Waals surface area contributed by atoms with Crippen LogP contribution in [0.5, 0.6) is 17.2 Å². The number of rotatable bonds is 22. The lowest BCUT2D eigenvalue weighted by molar-refractivity contribution is -0.142. The maximum atomic E-state index is 14.0. The van der Waals surface area contributed by atoms with Crippen molar-refractivity contribution in [2.45, 2.75) is 97.4 Å². The summed E-state index contributed by atoms with van der Waals surface area (Å²) in [5.41, 5.74) is 9.13. The van der Waals surface area contributed by atoms with Gasteiger partial charge in [0.1, 0.15) is 29.9 Å². The van der Waals surface area contributed by atoms with Crippen molar-refractivity contribution in [3.63, 3.8) is 0 Å². The van der Waals surface area contributed by atoms with E-state index in [2.05, 4.69) is 20.9 Å². The molecule has 0 saturated carbocycles. The van der Waals surface area contributed by atoms with Gasteiger partial charge in [0.05, 0.1) is 34.8 Å². The molecule has 4 aromatic carbocycles. The predicted molar refractivity (Wildman–Crippen MR) is 267 cm³/mol. The Kier molecular flexibility index (Phi) is 18.4. The van der Waals surface area contributed by atoms with Crippen molar-refractivity contribution in [1.82, 2.24) is 25.8 Å². The first-order chi connectivity index (χ1) is 32.2. The Morgan fingerprint density at radius 2 is 1.45 bits per heavy atom. The fraction of sp³-hybridized carbons (Fsp3) is 0.396. The van der Waals surface area contributed by atoms with Gasteiger partial charge in [-0.05, 0) is 114 Å². The van der Waals surface area contributed by atoms with Crippen molar-refractivity contribution >= 4 is 51.8 Å². The molecule has 1 fully saturated rings. The van der Waals surface area contributed by atoms with Crippen LogP contribution in [0.25, 0.3) is 21.6 Å². The molecule has 14 heteroatoms. The number of aromatic hydroxyl groups is 2. The summed E-state index contributed by atoms with van der Waals surface area (Å²) in [5.74, 6) is 0.901. The van der Waals surface area contributed by atoms with Gasteiger partial charge in [-0.15, -0.1) is 22.9 Å². The van der Waals surface area contributed by atoms with Crippen LogP contribution >= 0.6 is 22.9 Å². The molecule has 1 saturated heterocycles. The number of carbonyl (C=O) groups is 3. The summed E-state index contributed by atoms with van der Waals surface area (Å²) >= 11 is 7.87. The number of phenolic OH excluding ortho intramolecular Hbond substituents is 2. The molecule has 1 aliphatic heterocycles. The van der Waals surface area contributed by atoms with Crippen molar-refractivity contribution in [2.24, 2.45) is 5.41 Å². The highest BCUT2D eigenvalue weighted by Crippen LogP contribution is 2.37. The van der Waals surface area contributed by atoms with Crippen LogP contribution in [0.15, 0.2) is 103 Å². The Labute approximate surface area is 403 Å². The standard InChI is InChI=1S/C53H64ClN5O7S/c1-35-49(67-34-58-35)40-12-10-36(11-13-40)32-57-51(64)46-31-43(62)33-59(46)52(65)50(53(2,3)4)56-28-8-6-5-7-9-47(63)55-29-30-66-44-24-18-39(19-25-44)48(38-16-22-42(61)23-17-38)45(26-27-54)37-14-20-41(60)21-15-37/h10-25,34,43,46,50,56,60-62H,5-9,26-33H2,1-4H3,(H,55,63)(H,57,64)/t43-,46+,50?/m1/s1. The number of allylic oxidation sites excluding steroid dienone is 1. The lowest BCUT2D eigenvalue weighted by atomic mass is 9.85. The Hall–Kier alpha value is -5.73. The molecule has 0 bridgehead atoms. The Balaban J connectivity index is 0.900. The molecule has 12 nitrogen and oxygen atoms in total. The number of aliphatic hydroxyl groups is 1. The van der Waals surface area contributed by atoms with Crippen molar-refractivity contribution in [1.29, 1.82) is 0 Å². The predicted octanol–water partition coefficient (Wildman–Crippen LogP) is 8.85. The molecule has 0 radical (unpaired) electrons. The normalized spacial score (nSPS) is 15.8. The minimum absolute atomic E-state index is 0.0357. The van der Waals surface area contributed by atoms with E-state index in [4.69, 9.17) is 16.3 Å². The van der Waals surface area contributed by atoms with Crippen LogP contribution < -0.4 is 20.7 Å². The summed E-state index contributed by atoms with van der Waals surface area (Å²) in [6.07, 6.45) is 3.70. The fourth-order valence-electron chi connectivity index (χ4n) is 8.39. The van der Waals surface area contributed by atoms with Gasteiger partial charge < -0.3 is 40.9 Å². The van der Waals surface area contributed by atoms with Gasteiger partial charge in [-0.3, -0.25) is 14.4 Å². The number of aromatic nitrogens is 1. The smallest absolute Gasteiger partial charge is 0.243 e. The zero-order chi connectivity index (χ0) is 47.9. The fourth-order valence-corrected chi connectivity index (χ4v) is 9.39. The lowest BCUT2D eigenvalue weighted by Crippen LogP contribution is -2.56. The van der Waals surface area contributed by atoms with Crippen LogP contribution in [0.4, 0.5) is 0 Å². The van der Waals surface area contributed by atoms with Gasteiger partial charge in [0.25, 0.3) is 0 Å². The van der Waals surface area contributed by atoms with Crippen LogP contribution in [0.2, 0.25) is 0 Å². The molecule has 0 aliphatic carbocycles. The number of phenols is 2. The van der Waals surface area contributed by atoms with Crippen molar-refractivity contribution in [3.8, 4) is 27.7 Å². The molecule has 1 aromatic heterocycles. The number of ether oxygens (including phenoxy) is 1. The first kappa shape index (κ1) is 50.7. The minimum Gasteiger partial charge on any atom is -0.508 e. The number of alkyl halides is 1. The highest BCUT2D eigenvalue weighted by atomic mass is 35.5. The average Bonchev–Trinajstić information content (AvgIpc) is 3.93. The van der Waals surface area contributed by atoms with Crippen LogP contribution in [0, 0.1) is 12.3 Å². The number of β-amino-alcohol motifs (C(OH)–C–C–N with tert-alkyl or cyclic N) is 1. The van der Waals surface area contributed by atoms with E-state index in [1.54, 1.807) is 35.6 Å². The number of amides is 3. The van der Waals surface area contributed by atoms with Gasteiger partial charge in [0.15, 0.2) is 0 Å².